The van der Waals surface area contributed by atoms with Crippen LogP contribution >= 0.6 is 0 Å². The Morgan fingerprint density at radius 2 is 1.38 bits per heavy atom. The highest BCUT2D eigenvalue weighted by molar-refractivity contribution is 5.47. The SMILES string of the molecule is COc1ccc(C(C)(C)C)cc1C(C)(C)CCc1cccc(C(C)(C)C)c1OC. The van der Waals surface area contributed by atoms with E-state index >= 15 is 0 Å². The van der Waals surface area contributed by atoms with E-state index in [2.05, 4.69) is 91.8 Å². The molecule has 2 heteroatoms. The maximum atomic E-state index is 5.86. The molecule has 0 saturated carbocycles. The van der Waals surface area contributed by atoms with E-state index in [-0.39, 0.29) is 16.2 Å². The number of para-hydroxylation sites is 1. The lowest BCUT2D eigenvalue weighted by atomic mass is 9.76. The predicted octanol–water partition coefficient (Wildman–Crippen LogP) is 7.21. The number of ether oxygens (including phenoxy) is 2. The molecule has 29 heavy (non-hydrogen) atoms. The van der Waals surface area contributed by atoms with Gasteiger partial charge in [0, 0.05) is 5.56 Å². The van der Waals surface area contributed by atoms with Crippen molar-refractivity contribution in [3.05, 3.63) is 58.7 Å². The first-order valence-electron chi connectivity index (χ1n) is 10.7. The summed E-state index contributed by atoms with van der Waals surface area (Å²) in [6.07, 6.45) is 1.98. The zero-order chi connectivity index (χ0) is 22.0. The first-order valence-corrected chi connectivity index (χ1v) is 10.7. The summed E-state index contributed by atoms with van der Waals surface area (Å²) >= 11 is 0. The van der Waals surface area contributed by atoms with Crippen molar-refractivity contribution in [3.8, 4) is 11.5 Å². The van der Waals surface area contributed by atoms with E-state index in [0.29, 0.717) is 0 Å². The van der Waals surface area contributed by atoms with Crippen molar-refractivity contribution < 1.29 is 9.47 Å². The van der Waals surface area contributed by atoms with Crippen LogP contribution in [0.2, 0.25) is 0 Å². The molecule has 0 aliphatic carbocycles. The van der Waals surface area contributed by atoms with E-state index in [9.17, 15) is 0 Å². The molecule has 0 aromatic heterocycles. The van der Waals surface area contributed by atoms with Gasteiger partial charge in [0.15, 0.2) is 0 Å². The van der Waals surface area contributed by atoms with Gasteiger partial charge in [-0.25, -0.2) is 0 Å². The number of benzene rings is 2. The predicted molar refractivity (Wildman–Crippen MR) is 125 cm³/mol. The number of hydrogen-bond acceptors (Lipinski definition) is 2. The van der Waals surface area contributed by atoms with Crippen LogP contribution in [0.5, 0.6) is 11.5 Å². The molecule has 160 valence electrons. The minimum atomic E-state index is -0.0185. The van der Waals surface area contributed by atoms with Crippen molar-refractivity contribution in [2.75, 3.05) is 14.2 Å². The van der Waals surface area contributed by atoms with E-state index in [1.165, 1.54) is 22.3 Å². The van der Waals surface area contributed by atoms with Crippen molar-refractivity contribution >= 4 is 0 Å². The summed E-state index contributed by atoms with van der Waals surface area (Å²) in [5, 5.41) is 0. The Bertz CT molecular complexity index is 833. The minimum absolute atomic E-state index is 0.0185. The van der Waals surface area contributed by atoms with Gasteiger partial charge in [-0.3, -0.25) is 0 Å². The van der Waals surface area contributed by atoms with Crippen LogP contribution in [0.1, 0.15) is 84.1 Å². The summed E-state index contributed by atoms with van der Waals surface area (Å²) in [4.78, 5) is 0. The van der Waals surface area contributed by atoms with E-state index in [0.717, 1.165) is 24.3 Å². The maximum Gasteiger partial charge on any atom is 0.125 e. The molecular weight excluding hydrogens is 356 g/mol. The highest BCUT2D eigenvalue weighted by Gasteiger charge is 2.28. The molecule has 0 heterocycles. The van der Waals surface area contributed by atoms with Gasteiger partial charge >= 0.3 is 0 Å². The molecule has 0 N–H and O–H groups in total. The fourth-order valence-corrected chi connectivity index (χ4v) is 3.90. The lowest BCUT2D eigenvalue weighted by Crippen LogP contribution is -2.22. The molecule has 0 atom stereocenters. The van der Waals surface area contributed by atoms with Gasteiger partial charge in [-0.1, -0.05) is 85.7 Å². The summed E-state index contributed by atoms with van der Waals surface area (Å²) in [5.74, 6) is 2.00. The summed E-state index contributed by atoms with van der Waals surface area (Å²) in [6.45, 7) is 18.1. The van der Waals surface area contributed by atoms with Crippen LogP contribution in [0.15, 0.2) is 36.4 Å². The molecule has 0 aliphatic heterocycles. The van der Waals surface area contributed by atoms with E-state index in [1.807, 2.05) is 0 Å². The monoisotopic (exact) mass is 396 g/mol. The van der Waals surface area contributed by atoms with Crippen LogP contribution in [-0.2, 0) is 22.7 Å². The molecule has 2 aromatic rings. The Kier molecular flexibility index (Phi) is 6.77. The third kappa shape index (κ3) is 5.35. The van der Waals surface area contributed by atoms with Crippen LogP contribution in [0, 0.1) is 0 Å². The van der Waals surface area contributed by atoms with Gasteiger partial charge in [0.25, 0.3) is 0 Å². The zero-order valence-electron chi connectivity index (χ0n) is 20.2. The summed E-state index contributed by atoms with van der Waals surface area (Å²) in [5.41, 5.74) is 5.31. The second kappa shape index (κ2) is 8.42. The minimum Gasteiger partial charge on any atom is -0.496 e. The van der Waals surface area contributed by atoms with Gasteiger partial charge in [-0.05, 0) is 51.8 Å². The van der Waals surface area contributed by atoms with Crippen molar-refractivity contribution in [3.63, 3.8) is 0 Å². The number of aryl methyl sites for hydroxylation is 1. The Morgan fingerprint density at radius 1 is 0.724 bits per heavy atom. The molecule has 0 amide bonds. The lowest BCUT2D eigenvalue weighted by molar-refractivity contribution is 0.377. The molecular formula is C27H40O2. The first-order chi connectivity index (χ1) is 13.3. The van der Waals surface area contributed by atoms with Gasteiger partial charge < -0.3 is 9.47 Å². The van der Waals surface area contributed by atoms with Crippen molar-refractivity contribution in [1.82, 2.24) is 0 Å². The molecule has 2 nitrogen and oxygen atoms in total. The molecule has 0 radical (unpaired) electrons. The summed E-state index contributed by atoms with van der Waals surface area (Å²) in [6, 6.07) is 13.2. The summed E-state index contributed by atoms with van der Waals surface area (Å²) in [7, 11) is 3.55. The maximum absolute atomic E-state index is 5.86. The fraction of sp³-hybridized carbons (Fsp3) is 0.556. The molecule has 2 aromatic carbocycles. The Balaban J connectivity index is 2.38. The number of methoxy groups -OCH3 is 2. The van der Waals surface area contributed by atoms with Crippen LogP contribution in [0.4, 0.5) is 0 Å². The highest BCUT2D eigenvalue weighted by atomic mass is 16.5. The lowest BCUT2D eigenvalue weighted by Gasteiger charge is -2.30. The largest absolute Gasteiger partial charge is 0.496 e. The van der Waals surface area contributed by atoms with Crippen molar-refractivity contribution in [2.45, 2.75) is 84.5 Å². The molecule has 2 rings (SSSR count). The van der Waals surface area contributed by atoms with Crippen LogP contribution in [0.3, 0.4) is 0 Å². The highest BCUT2D eigenvalue weighted by Crippen LogP contribution is 2.40. The first kappa shape index (κ1) is 23.3. The van der Waals surface area contributed by atoms with E-state index in [1.54, 1.807) is 14.2 Å². The van der Waals surface area contributed by atoms with Gasteiger partial charge in [0.2, 0.25) is 0 Å². The summed E-state index contributed by atoms with van der Waals surface area (Å²) < 4.78 is 11.6. The van der Waals surface area contributed by atoms with Crippen molar-refractivity contribution in [1.29, 1.82) is 0 Å². The zero-order valence-corrected chi connectivity index (χ0v) is 20.2. The molecule has 0 saturated heterocycles. The van der Waals surface area contributed by atoms with E-state index in [4.69, 9.17) is 9.47 Å². The average Bonchev–Trinajstić information content (AvgIpc) is 2.64. The van der Waals surface area contributed by atoms with Crippen LogP contribution in [0.25, 0.3) is 0 Å². The van der Waals surface area contributed by atoms with Gasteiger partial charge in [-0.2, -0.15) is 0 Å². The smallest absolute Gasteiger partial charge is 0.125 e. The molecule has 0 bridgehead atoms. The molecule has 0 unspecified atom stereocenters. The van der Waals surface area contributed by atoms with Gasteiger partial charge in [0.1, 0.15) is 11.5 Å². The Hall–Kier alpha value is -1.96. The quantitative estimate of drug-likeness (QED) is 0.513. The van der Waals surface area contributed by atoms with Gasteiger partial charge in [0.05, 0.1) is 14.2 Å². The number of hydrogen-bond donors (Lipinski definition) is 0. The van der Waals surface area contributed by atoms with Crippen LogP contribution in [-0.4, -0.2) is 14.2 Å². The van der Waals surface area contributed by atoms with Gasteiger partial charge in [-0.15, -0.1) is 0 Å². The topological polar surface area (TPSA) is 18.5 Å². The molecule has 0 spiro atoms. The number of rotatable bonds is 6. The fourth-order valence-electron chi connectivity index (χ4n) is 3.90. The Morgan fingerprint density at radius 3 is 1.90 bits per heavy atom. The van der Waals surface area contributed by atoms with Crippen molar-refractivity contribution in [2.24, 2.45) is 0 Å². The second-order valence-corrected chi connectivity index (χ2v) is 10.8. The van der Waals surface area contributed by atoms with Crippen LogP contribution < -0.4 is 9.47 Å². The second-order valence-electron chi connectivity index (χ2n) is 10.8. The average molecular weight is 397 g/mol. The third-order valence-electron chi connectivity index (χ3n) is 5.92. The third-order valence-corrected chi connectivity index (χ3v) is 5.92. The van der Waals surface area contributed by atoms with E-state index < -0.39 is 0 Å². The Labute approximate surface area is 178 Å². The normalized spacial score (nSPS) is 12.8. The molecule has 0 fully saturated rings. The standard InChI is InChI=1S/C27H40O2/c1-25(2,3)20-14-15-23(28-9)22(18-20)27(7,8)17-16-19-12-11-13-21(24(19)29-10)26(4,5)6/h11-15,18H,16-17H2,1-10H3. The molecule has 0 aliphatic rings.